The van der Waals surface area contributed by atoms with Crippen molar-refractivity contribution >= 4 is 5.91 Å². The Hall–Kier alpha value is -1.46. The van der Waals surface area contributed by atoms with Crippen molar-refractivity contribution in [1.82, 2.24) is 15.1 Å². The highest BCUT2D eigenvalue weighted by Gasteiger charge is 2.42. The van der Waals surface area contributed by atoms with Gasteiger partial charge >= 0.3 is 0 Å². The summed E-state index contributed by atoms with van der Waals surface area (Å²) in [5.74, 6) is -3.69. The van der Waals surface area contributed by atoms with E-state index in [9.17, 15) is 13.6 Å². The standard InChI is InChI=1S/C10H13F2N3O/c1-7-6-15(3-2-10(7,11)12)9(16)8-4-13-14-5-8/h4-5,7H,2-3,6H2,1H3,(H,13,14). The second-order valence-electron chi connectivity index (χ2n) is 4.15. The number of carbonyl (C=O) groups is 1. The number of piperidine rings is 1. The van der Waals surface area contributed by atoms with E-state index in [-0.39, 0.29) is 25.4 Å². The SMILES string of the molecule is CC1CN(C(=O)c2cn[nH]c2)CCC1(F)F. The third kappa shape index (κ3) is 1.91. The van der Waals surface area contributed by atoms with Crippen LogP contribution in [0.2, 0.25) is 0 Å². The number of rotatable bonds is 1. The fraction of sp³-hybridized carbons (Fsp3) is 0.600. The molecule has 0 aliphatic carbocycles. The van der Waals surface area contributed by atoms with Crippen LogP contribution in [0.3, 0.4) is 0 Å². The lowest BCUT2D eigenvalue weighted by Crippen LogP contribution is -2.48. The maximum atomic E-state index is 13.2. The van der Waals surface area contributed by atoms with Crippen LogP contribution in [0, 0.1) is 5.92 Å². The molecule has 1 aliphatic rings. The summed E-state index contributed by atoms with van der Waals surface area (Å²) >= 11 is 0. The number of aromatic amines is 1. The molecular weight excluding hydrogens is 216 g/mol. The Bertz CT molecular complexity index is 377. The number of amides is 1. The van der Waals surface area contributed by atoms with Gasteiger partial charge in [-0.25, -0.2) is 8.78 Å². The highest BCUT2D eigenvalue weighted by molar-refractivity contribution is 5.93. The number of hydrogen-bond donors (Lipinski definition) is 1. The topological polar surface area (TPSA) is 49.0 Å². The van der Waals surface area contributed by atoms with E-state index in [0.29, 0.717) is 5.56 Å². The van der Waals surface area contributed by atoms with Crippen molar-refractivity contribution in [3.8, 4) is 0 Å². The van der Waals surface area contributed by atoms with Crippen molar-refractivity contribution in [2.24, 2.45) is 5.92 Å². The molecule has 0 aromatic carbocycles. The minimum atomic E-state index is -2.66. The van der Waals surface area contributed by atoms with Crippen LogP contribution in [0.1, 0.15) is 23.7 Å². The van der Waals surface area contributed by atoms with Crippen LogP contribution in [-0.4, -0.2) is 40.0 Å². The van der Waals surface area contributed by atoms with E-state index in [0.717, 1.165) is 0 Å². The van der Waals surface area contributed by atoms with Crippen molar-refractivity contribution in [2.45, 2.75) is 19.3 Å². The molecule has 1 saturated heterocycles. The Kier molecular flexibility index (Phi) is 2.65. The van der Waals surface area contributed by atoms with Gasteiger partial charge in [0.05, 0.1) is 11.8 Å². The highest BCUT2D eigenvalue weighted by Crippen LogP contribution is 2.33. The summed E-state index contributed by atoms with van der Waals surface area (Å²) in [5.41, 5.74) is 0.414. The Balaban J connectivity index is 2.06. The first kappa shape index (κ1) is 11.0. The van der Waals surface area contributed by atoms with Gasteiger partial charge in [0.25, 0.3) is 11.8 Å². The zero-order valence-electron chi connectivity index (χ0n) is 8.91. The number of aromatic nitrogens is 2. The summed E-state index contributed by atoms with van der Waals surface area (Å²) in [4.78, 5) is 13.3. The number of H-pyrrole nitrogens is 1. The number of nitrogens with one attached hydrogen (secondary N) is 1. The molecule has 1 fully saturated rings. The second-order valence-corrected chi connectivity index (χ2v) is 4.15. The number of likely N-dealkylation sites (tertiary alicyclic amines) is 1. The average molecular weight is 229 g/mol. The number of hydrogen-bond acceptors (Lipinski definition) is 2. The summed E-state index contributed by atoms with van der Waals surface area (Å²) in [5, 5.41) is 6.20. The van der Waals surface area contributed by atoms with Crippen LogP contribution in [0.5, 0.6) is 0 Å². The molecule has 4 nitrogen and oxygen atoms in total. The van der Waals surface area contributed by atoms with Gasteiger partial charge in [0, 0.05) is 31.6 Å². The average Bonchev–Trinajstić information content (AvgIpc) is 2.74. The van der Waals surface area contributed by atoms with Gasteiger partial charge in [0.2, 0.25) is 0 Å². The Morgan fingerprint density at radius 3 is 3.00 bits per heavy atom. The lowest BCUT2D eigenvalue weighted by Gasteiger charge is -2.36. The molecule has 6 heteroatoms. The number of nitrogens with zero attached hydrogens (tertiary/aromatic N) is 2. The third-order valence-electron chi connectivity index (χ3n) is 2.96. The van der Waals surface area contributed by atoms with E-state index in [2.05, 4.69) is 10.2 Å². The molecule has 1 aromatic rings. The van der Waals surface area contributed by atoms with Crippen LogP contribution in [0.25, 0.3) is 0 Å². The first-order valence-corrected chi connectivity index (χ1v) is 5.16. The molecule has 0 radical (unpaired) electrons. The smallest absolute Gasteiger partial charge is 0.257 e. The van der Waals surface area contributed by atoms with Crippen LogP contribution >= 0.6 is 0 Å². The summed E-state index contributed by atoms with van der Waals surface area (Å²) < 4.78 is 26.4. The normalized spacial score (nSPS) is 24.4. The van der Waals surface area contributed by atoms with Crippen molar-refractivity contribution in [3.63, 3.8) is 0 Å². The highest BCUT2D eigenvalue weighted by atomic mass is 19.3. The second kappa shape index (κ2) is 3.84. The minimum Gasteiger partial charge on any atom is -0.338 e. The van der Waals surface area contributed by atoms with Crippen molar-refractivity contribution in [3.05, 3.63) is 18.0 Å². The van der Waals surface area contributed by atoms with Crippen LogP contribution in [-0.2, 0) is 0 Å². The fourth-order valence-electron chi connectivity index (χ4n) is 1.82. The lowest BCUT2D eigenvalue weighted by atomic mass is 9.95. The Morgan fingerprint density at radius 2 is 2.44 bits per heavy atom. The molecule has 1 N–H and O–H groups in total. The van der Waals surface area contributed by atoms with Crippen LogP contribution < -0.4 is 0 Å². The molecule has 1 aromatic heterocycles. The van der Waals surface area contributed by atoms with E-state index in [4.69, 9.17) is 0 Å². The summed E-state index contributed by atoms with van der Waals surface area (Å²) in [6, 6.07) is 0. The van der Waals surface area contributed by atoms with Gasteiger partial charge in [-0.3, -0.25) is 9.89 Å². The zero-order chi connectivity index (χ0) is 11.8. The molecule has 2 heterocycles. The Morgan fingerprint density at radius 1 is 1.69 bits per heavy atom. The molecule has 0 spiro atoms. The van der Waals surface area contributed by atoms with Gasteiger partial charge in [0.15, 0.2) is 0 Å². The summed E-state index contributed by atoms with van der Waals surface area (Å²) in [6.07, 6.45) is 2.61. The van der Waals surface area contributed by atoms with E-state index in [1.54, 1.807) is 0 Å². The zero-order valence-corrected chi connectivity index (χ0v) is 8.91. The van der Waals surface area contributed by atoms with Gasteiger partial charge in [-0.05, 0) is 0 Å². The largest absolute Gasteiger partial charge is 0.338 e. The lowest BCUT2D eigenvalue weighted by molar-refractivity contribution is -0.0921. The molecule has 16 heavy (non-hydrogen) atoms. The molecule has 2 rings (SSSR count). The van der Waals surface area contributed by atoms with E-state index in [1.807, 2.05) is 0 Å². The monoisotopic (exact) mass is 229 g/mol. The molecule has 1 unspecified atom stereocenters. The summed E-state index contributed by atoms with van der Waals surface area (Å²) in [6.45, 7) is 1.66. The fourth-order valence-corrected chi connectivity index (χ4v) is 1.82. The van der Waals surface area contributed by atoms with Gasteiger partial charge in [0.1, 0.15) is 0 Å². The first-order valence-electron chi connectivity index (χ1n) is 5.16. The predicted molar refractivity (Wildman–Crippen MR) is 53.2 cm³/mol. The minimum absolute atomic E-state index is 0.0943. The maximum absolute atomic E-state index is 13.2. The number of halogens is 2. The first-order chi connectivity index (χ1) is 7.50. The molecule has 88 valence electrons. The predicted octanol–water partition coefficient (Wildman–Crippen LogP) is 1.53. The van der Waals surface area contributed by atoms with Crippen molar-refractivity contribution in [1.29, 1.82) is 0 Å². The van der Waals surface area contributed by atoms with Crippen LogP contribution in [0.4, 0.5) is 8.78 Å². The van der Waals surface area contributed by atoms with E-state index < -0.39 is 11.8 Å². The van der Waals surface area contributed by atoms with Gasteiger partial charge in [-0.1, -0.05) is 6.92 Å². The molecule has 0 bridgehead atoms. The quantitative estimate of drug-likeness (QED) is 0.793. The number of carbonyl (C=O) groups excluding carboxylic acids is 1. The third-order valence-corrected chi connectivity index (χ3v) is 2.96. The van der Waals surface area contributed by atoms with E-state index >= 15 is 0 Å². The molecule has 1 atom stereocenters. The van der Waals surface area contributed by atoms with Crippen molar-refractivity contribution < 1.29 is 13.6 Å². The molecular formula is C10H13F2N3O. The van der Waals surface area contributed by atoms with Gasteiger partial charge in [-0.15, -0.1) is 0 Å². The molecule has 1 aliphatic heterocycles. The van der Waals surface area contributed by atoms with Crippen LogP contribution in [0.15, 0.2) is 12.4 Å². The maximum Gasteiger partial charge on any atom is 0.257 e. The number of alkyl halides is 2. The molecule has 0 saturated carbocycles. The van der Waals surface area contributed by atoms with Gasteiger partial charge in [-0.2, -0.15) is 5.10 Å². The summed E-state index contributed by atoms with van der Waals surface area (Å²) in [7, 11) is 0. The Labute approximate surface area is 91.6 Å². The molecule has 1 amide bonds. The van der Waals surface area contributed by atoms with Gasteiger partial charge < -0.3 is 4.90 Å². The van der Waals surface area contributed by atoms with Crippen molar-refractivity contribution in [2.75, 3.05) is 13.1 Å². The van der Waals surface area contributed by atoms with E-state index in [1.165, 1.54) is 24.2 Å².